The van der Waals surface area contributed by atoms with Gasteiger partial charge in [0.05, 0.1) is 12.3 Å². The topological polar surface area (TPSA) is 88.8 Å². The van der Waals surface area contributed by atoms with Crippen molar-refractivity contribution in [2.45, 2.75) is 40.2 Å². The number of hydrogen-bond donors (Lipinski definition) is 3. The highest BCUT2D eigenvalue weighted by atomic mass is 19.1. The summed E-state index contributed by atoms with van der Waals surface area (Å²) in [5.41, 5.74) is 12.4. The average Bonchev–Trinajstić information content (AvgIpc) is 3.40. The highest BCUT2D eigenvalue weighted by Gasteiger charge is 2.25. The van der Waals surface area contributed by atoms with Crippen molar-refractivity contribution >= 4 is 22.3 Å². The fourth-order valence-corrected chi connectivity index (χ4v) is 4.74. The van der Waals surface area contributed by atoms with Crippen LogP contribution in [0.15, 0.2) is 67.0 Å². The smallest absolute Gasteiger partial charge is 0.170 e. The molecule has 5 rings (SSSR count). The molecular formula is C31H32FN5O. The second-order valence-corrected chi connectivity index (χ2v) is 9.48. The molecule has 7 heteroatoms. The van der Waals surface area contributed by atoms with Crippen molar-refractivity contribution < 1.29 is 9.13 Å². The van der Waals surface area contributed by atoms with Crippen LogP contribution in [0.5, 0.6) is 5.75 Å². The number of halogens is 1. The molecule has 0 spiro atoms. The average molecular weight is 510 g/mol. The zero-order valence-electron chi connectivity index (χ0n) is 22.1. The van der Waals surface area contributed by atoms with Gasteiger partial charge in [0, 0.05) is 34.6 Å². The summed E-state index contributed by atoms with van der Waals surface area (Å²) in [6.07, 6.45) is 4.30. The van der Waals surface area contributed by atoms with Gasteiger partial charge in [0.2, 0.25) is 0 Å². The van der Waals surface area contributed by atoms with E-state index in [9.17, 15) is 0 Å². The molecule has 0 radical (unpaired) electrons. The van der Waals surface area contributed by atoms with Crippen molar-refractivity contribution in [1.82, 2.24) is 15.0 Å². The minimum atomic E-state index is -0.601. The molecule has 0 saturated heterocycles. The number of H-pyrrole nitrogens is 1. The van der Waals surface area contributed by atoms with E-state index in [1.54, 1.807) is 12.3 Å². The van der Waals surface area contributed by atoms with E-state index in [0.717, 1.165) is 50.8 Å². The maximum atomic E-state index is 15.9. The number of benzene rings is 3. The molecule has 5 aromatic rings. The molecule has 3 aromatic carbocycles. The number of nitrogens with zero attached hydrogens (tertiary/aromatic N) is 2. The van der Waals surface area contributed by atoms with Crippen LogP contribution in [0, 0.1) is 19.7 Å². The van der Waals surface area contributed by atoms with Gasteiger partial charge in [-0.2, -0.15) is 0 Å². The standard InChI is InChI=1S/C31H32FN5O/c1-5-20-14-25(28(32)27(15-20)38-6-2)29(36-22-9-10-23-21(16-22)11-12-34-30(23)33)31-35-17-26(37-31)24-13-18(3)7-8-19(24)4/h7-17,29,36H,5-6H2,1-4H3,(H2,33,34)(H,35,37). The van der Waals surface area contributed by atoms with Gasteiger partial charge in [-0.3, -0.25) is 0 Å². The molecule has 6 nitrogen and oxygen atoms in total. The molecule has 0 fully saturated rings. The van der Waals surface area contributed by atoms with Gasteiger partial charge >= 0.3 is 0 Å². The Bertz CT molecular complexity index is 1610. The lowest BCUT2D eigenvalue weighted by molar-refractivity contribution is 0.319. The number of aryl methyl sites for hydroxylation is 3. The van der Waals surface area contributed by atoms with Gasteiger partial charge in [0.25, 0.3) is 0 Å². The summed E-state index contributed by atoms with van der Waals surface area (Å²) in [7, 11) is 0. The third-order valence-electron chi connectivity index (χ3n) is 6.79. The van der Waals surface area contributed by atoms with E-state index in [1.165, 1.54) is 0 Å². The fourth-order valence-electron chi connectivity index (χ4n) is 4.74. The SMILES string of the molecule is CCOc1cc(CC)cc(C(Nc2ccc3c(N)nccc3c2)c2nc(-c3cc(C)ccc3C)c[nH]2)c1F. The number of nitrogen functional groups attached to an aromatic ring is 1. The minimum Gasteiger partial charge on any atom is -0.491 e. The third kappa shape index (κ3) is 4.92. The van der Waals surface area contributed by atoms with Crippen LogP contribution in [0.4, 0.5) is 15.9 Å². The molecule has 2 heterocycles. The Balaban J connectivity index is 1.64. The number of ether oxygens (including phenoxy) is 1. The van der Waals surface area contributed by atoms with Crippen LogP contribution < -0.4 is 15.8 Å². The number of fused-ring (bicyclic) bond motifs is 1. The number of aromatic amines is 1. The van der Waals surface area contributed by atoms with Gasteiger partial charge in [-0.25, -0.2) is 14.4 Å². The van der Waals surface area contributed by atoms with Crippen molar-refractivity contribution in [2.24, 2.45) is 0 Å². The summed E-state index contributed by atoms with van der Waals surface area (Å²) in [6.45, 7) is 8.39. The van der Waals surface area contributed by atoms with Crippen LogP contribution in [0.1, 0.15) is 48.0 Å². The number of hydrogen-bond acceptors (Lipinski definition) is 5. The number of anilines is 2. The zero-order valence-corrected chi connectivity index (χ0v) is 22.1. The first-order valence-electron chi connectivity index (χ1n) is 12.9. The largest absolute Gasteiger partial charge is 0.491 e. The van der Waals surface area contributed by atoms with Crippen LogP contribution >= 0.6 is 0 Å². The lowest BCUT2D eigenvalue weighted by atomic mass is 9.99. The summed E-state index contributed by atoms with van der Waals surface area (Å²) in [5.74, 6) is 0.912. The Morgan fingerprint density at radius 2 is 1.89 bits per heavy atom. The predicted molar refractivity (Wildman–Crippen MR) is 152 cm³/mol. The Hall–Kier alpha value is -4.39. The van der Waals surface area contributed by atoms with Gasteiger partial charge < -0.3 is 20.8 Å². The molecule has 38 heavy (non-hydrogen) atoms. The highest BCUT2D eigenvalue weighted by Crippen LogP contribution is 2.35. The highest BCUT2D eigenvalue weighted by molar-refractivity contribution is 5.93. The van der Waals surface area contributed by atoms with Gasteiger partial charge in [-0.15, -0.1) is 0 Å². The van der Waals surface area contributed by atoms with Crippen LogP contribution in [0.25, 0.3) is 22.0 Å². The van der Waals surface area contributed by atoms with Crippen LogP contribution in [0.2, 0.25) is 0 Å². The van der Waals surface area contributed by atoms with Crippen molar-refractivity contribution in [3.8, 4) is 17.0 Å². The van der Waals surface area contributed by atoms with Crippen molar-refractivity contribution in [1.29, 1.82) is 0 Å². The first-order valence-corrected chi connectivity index (χ1v) is 12.9. The zero-order chi connectivity index (χ0) is 26.8. The Morgan fingerprint density at radius 3 is 2.68 bits per heavy atom. The molecule has 0 aliphatic carbocycles. The van der Waals surface area contributed by atoms with E-state index in [1.807, 2.05) is 50.4 Å². The van der Waals surface area contributed by atoms with E-state index >= 15 is 4.39 Å². The summed E-state index contributed by atoms with van der Waals surface area (Å²) in [5, 5.41) is 5.33. The van der Waals surface area contributed by atoms with Crippen molar-refractivity contribution in [2.75, 3.05) is 17.7 Å². The quantitative estimate of drug-likeness (QED) is 0.207. The molecule has 2 aromatic heterocycles. The number of rotatable bonds is 8. The molecule has 194 valence electrons. The molecule has 0 bridgehead atoms. The van der Waals surface area contributed by atoms with E-state index < -0.39 is 11.9 Å². The molecule has 1 atom stereocenters. The minimum absolute atomic E-state index is 0.243. The Kier molecular flexibility index (Phi) is 7.01. The molecule has 0 amide bonds. The number of imidazole rings is 1. The van der Waals surface area contributed by atoms with Crippen LogP contribution in [-0.2, 0) is 6.42 Å². The number of nitrogens with two attached hydrogens (primary N) is 1. The first kappa shape index (κ1) is 25.3. The molecule has 0 saturated carbocycles. The van der Waals surface area contributed by atoms with E-state index in [0.29, 0.717) is 23.8 Å². The van der Waals surface area contributed by atoms with E-state index in [4.69, 9.17) is 15.5 Å². The summed E-state index contributed by atoms with van der Waals surface area (Å²) >= 11 is 0. The normalized spacial score (nSPS) is 12.0. The maximum Gasteiger partial charge on any atom is 0.170 e. The predicted octanol–water partition coefficient (Wildman–Crippen LogP) is 7.13. The lowest BCUT2D eigenvalue weighted by Crippen LogP contribution is -2.17. The second-order valence-electron chi connectivity index (χ2n) is 9.48. The van der Waals surface area contributed by atoms with Crippen molar-refractivity contribution in [3.63, 3.8) is 0 Å². The first-order chi connectivity index (χ1) is 18.4. The van der Waals surface area contributed by atoms with Crippen LogP contribution in [-0.4, -0.2) is 21.6 Å². The molecular weight excluding hydrogens is 477 g/mol. The summed E-state index contributed by atoms with van der Waals surface area (Å²) in [4.78, 5) is 12.4. The molecule has 1 unspecified atom stereocenters. The molecule has 4 N–H and O–H groups in total. The number of aromatic nitrogens is 3. The molecule has 0 aliphatic heterocycles. The monoisotopic (exact) mass is 509 g/mol. The van der Waals surface area contributed by atoms with Gasteiger partial charge in [-0.1, -0.05) is 30.7 Å². The van der Waals surface area contributed by atoms with Gasteiger partial charge in [0.1, 0.15) is 17.7 Å². The Morgan fingerprint density at radius 1 is 1.05 bits per heavy atom. The second kappa shape index (κ2) is 10.5. The lowest BCUT2D eigenvalue weighted by Gasteiger charge is -2.22. The summed E-state index contributed by atoms with van der Waals surface area (Å²) in [6, 6.07) is 17.1. The van der Waals surface area contributed by atoms with Gasteiger partial charge in [-0.05, 0) is 80.1 Å². The maximum absolute atomic E-state index is 15.9. The number of pyridine rings is 1. The van der Waals surface area contributed by atoms with Crippen LogP contribution in [0.3, 0.4) is 0 Å². The molecule has 0 aliphatic rings. The van der Waals surface area contributed by atoms with E-state index in [-0.39, 0.29) is 5.75 Å². The third-order valence-corrected chi connectivity index (χ3v) is 6.79. The fraction of sp³-hybridized carbons (Fsp3) is 0.226. The number of nitrogens with one attached hydrogen (secondary N) is 2. The van der Waals surface area contributed by atoms with E-state index in [2.05, 4.69) is 47.3 Å². The Labute approximate surface area is 222 Å². The van der Waals surface area contributed by atoms with Gasteiger partial charge in [0.15, 0.2) is 11.6 Å². The van der Waals surface area contributed by atoms with Crippen molar-refractivity contribution in [3.05, 3.63) is 101 Å². The summed E-state index contributed by atoms with van der Waals surface area (Å²) < 4.78 is 21.6.